The van der Waals surface area contributed by atoms with Crippen LogP contribution in [0.1, 0.15) is 26.2 Å². The molecule has 19 heavy (non-hydrogen) atoms. The standard InChI is InChI=1S/C14H22N4O/c1-11(6-7-15)14(19)17-12-5-4-8-16-13(12)18-9-2-3-10-18/h4-5,8,11H,2-3,6-7,9-10,15H2,1H3,(H,17,19). The SMILES string of the molecule is CC(CCN)C(=O)Nc1cccnc1N1CCCC1. The molecule has 0 radical (unpaired) electrons. The topological polar surface area (TPSA) is 71.2 Å². The van der Waals surface area contributed by atoms with Crippen LogP contribution in [0, 0.1) is 5.92 Å². The predicted octanol–water partition coefficient (Wildman–Crippen LogP) is 1.61. The lowest BCUT2D eigenvalue weighted by Crippen LogP contribution is -2.26. The van der Waals surface area contributed by atoms with Gasteiger partial charge in [-0.3, -0.25) is 4.79 Å². The highest BCUT2D eigenvalue weighted by Crippen LogP contribution is 2.26. The molecule has 1 unspecified atom stereocenters. The Labute approximate surface area is 114 Å². The van der Waals surface area contributed by atoms with Gasteiger partial charge in [0, 0.05) is 25.2 Å². The lowest BCUT2D eigenvalue weighted by molar-refractivity contribution is -0.119. The molecule has 1 aliphatic rings. The van der Waals surface area contributed by atoms with Crippen LogP contribution in [-0.4, -0.2) is 30.5 Å². The van der Waals surface area contributed by atoms with Crippen LogP contribution in [0.3, 0.4) is 0 Å². The summed E-state index contributed by atoms with van der Waals surface area (Å²) in [4.78, 5) is 18.7. The number of rotatable bonds is 5. The van der Waals surface area contributed by atoms with Gasteiger partial charge in [-0.1, -0.05) is 6.92 Å². The van der Waals surface area contributed by atoms with Gasteiger partial charge >= 0.3 is 0 Å². The van der Waals surface area contributed by atoms with E-state index in [2.05, 4.69) is 15.2 Å². The summed E-state index contributed by atoms with van der Waals surface area (Å²) >= 11 is 0. The van der Waals surface area contributed by atoms with Crippen molar-refractivity contribution in [3.05, 3.63) is 18.3 Å². The highest BCUT2D eigenvalue weighted by Gasteiger charge is 2.19. The lowest BCUT2D eigenvalue weighted by atomic mass is 10.1. The molecule has 104 valence electrons. The highest BCUT2D eigenvalue weighted by molar-refractivity contribution is 5.95. The van der Waals surface area contributed by atoms with Gasteiger partial charge in [-0.25, -0.2) is 4.98 Å². The quantitative estimate of drug-likeness (QED) is 0.845. The maximum absolute atomic E-state index is 12.1. The van der Waals surface area contributed by atoms with Crippen LogP contribution >= 0.6 is 0 Å². The second-order valence-electron chi connectivity index (χ2n) is 5.04. The van der Waals surface area contributed by atoms with Crippen molar-refractivity contribution in [2.24, 2.45) is 11.7 Å². The Bertz CT molecular complexity index is 429. The van der Waals surface area contributed by atoms with Crippen LogP contribution in [0.5, 0.6) is 0 Å². The molecule has 3 N–H and O–H groups in total. The van der Waals surface area contributed by atoms with E-state index in [0.29, 0.717) is 13.0 Å². The number of nitrogens with one attached hydrogen (secondary N) is 1. The maximum Gasteiger partial charge on any atom is 0.227 e. The molecule has 5 nitrogen and oxygen atoms in total. The summed E-state index contributed by atoms with van der Waals surface area (Å²) in [6.07, 6.45) is 4.85. The van der Waals surface area contributed by atoms with Crippen molar-refractivity contribution in [3.63, 3.8) is 0 Å². The summed E-state index contributed by atoms with van der Waals surface area (Å²) in [5.74, 6) is 0.823. The third-order valence-corrected chi connectivity index (χ3v) is 3.50. The number of nitrogens with two attached hydrogens (primary N) is 1. The number of carbonyl (C=O) groups excluding carboxylic acids is 1. The number of nitrogens with zero attached hydrogens (tertiary/aromatic N) is 2. The van der Waals surface area contributed by atoms with Gasteiger partial charge in [0.2, 0.25) is 5.91 Å². The number of anilines is 2. The Hall–Kier alpha value is -1.62. The van der Waals surface area contributed by atoms with E-state index in [1.165, 1.54) is 12.8 Å². The second-order valence-corrected chi connectivity index (χ2v) is 5.04. The minimum atomic E-state index is -0.0726. The highest BCUT2D eigenvalue weighted by atomic mass is 16.1. The van der Waals surface area contributed by atoms with Crippen molar-refractivity contribution in [1.82, 2.24) is 4.98 Å². The van der Waals surface area contributed by atoms with E-state index in [9.17, 15) is 4.79 Å². The normalized spacial score (nSPS) is 16.4. The number of amides is 1. The Balaban J connectivity index is 2.09. The summed E-state index contributed by atoms with van der Waals surface area (Å²) in [6, 6.07) is 3.76. The molecule has 1 atom stereocenters. The first-order chi connectivity index (χ1) is 9.22. The minimum absolute atomic E-state index is 0.0129. The molecule has 0 saturated carbocycles. The predicted molar refractivity (Wildman–Crippen MR) is 77.1 cm³/mol. The van der Waals surface area contributed by atoms with Gasteiger partial charge in [0.25, 0.3) is 0 Å². The summed E-state index contributed by atoms with van der Waals surface area (Å²) < 4.78 is 0. The molecule has 1 aliphatic heterocycles. The Morgan fingerprint density at radius 1 is 1.53 bits per heavy atom. The Morgan fingerprint density at radius 3 is 2.95 bits per heavy atom. The van der Waals surface area contributed by atoms with Gasteiger partial charge < -0.3 is 16.0 Å². The Kier molecular flexibility index (Phi) is 4.74. The van der Waals surface area contributed by atoms with E-state index in [4.69, 9.17) is 5.73 Å². The van der Waals surface area contributed by atoms with Crippen molar-refractivity contribution in [2.75, 3.05) is 29.9 Å². The van der Waals surface area contributed by atoms with Gasteiger partial charge in [-0.15, -0.1) is 0 Å². The molecule has 0 aromatic carbocycles. The molecule has 1 aromatic heterocycles. The number of aromatic nitrogens is 1. The van der Waals surface area contributed by atoms with Gasteiger partial charge in [-0.05, 0) is 37.9 Å². The van der Waals surface area contributed by atoms with Gasteiger partial charge in [-0.2, -0.15) is 0 Å². The molecule has 1 saturated heterocycles. The van der Waals surface area contributed by atoms with E-state index >= 15 is 0 Å². The lowest BCUT2D eigenvalue weighted by Gasteiger charge is -2.20. The number of hydrogen-bond acceptors (Lipinski definition) is 4. The van der Waals surface area contributed by atoms with Crippen molar-refractivity contribution in [3.8, 4) is 0 Å². The molecule has 5 heteroatoms. The third kappa shape index (κ3) is 3.44. The molecule has 2 rings (SSSR count). The first-order valence-corrected chi connectivity index (χ1v) is 6.93. The number of pyridine rings is 1. The van der Waals surface area contributed by atoms with Crippen molar-refractivity contribution < 1.29 is 4.79 Å². The van der Waals surface area contributed by atoms with Crippen LogP contribution in [0.25, 0.3) is 0 Å². The van der Waals surface area contributed by atoms with E-state index < -0.39 is 0 Å². The molecule has 0 aliphatic carbocycles. The zero-order valence-electron chi connectivity index (χ0n) is 11.4. The molecular weight excluding hydrogens is 240 g/mol. The first-order valence-electron chi connectivity index (χ1n) is 6.93. The van der Waals surface area contributed by atoms with Crippen LogP contribution < -0.4 is 16.0 Å². The zero-order chi connectivity index (χ0) is 13.7. The Morgan fingerprint density at radius 2 is 2.26 bits per heavy atom. The van der Waals surface area contributed by atoms with E-state index in [1.54, 1.807) is 6.20 Å². The van der Waals surface area contributed by atoms with Crippen LogP contribution in [0.2, 0.25) is 0 Å². The molecule has 1 aromatic rings. The molecular formula is C14H22N4O. The second kappa shape index (κ2) is 6.52. The summed E-state index contributed by atoms with van der Waals surface area (Å²) in [5.41, 5.74) is 6.29. The van der Waals surface area contributed by atoms with Crippen molar-refractivity contribution >= 4 is 17.4 Å². The van der Waals surface area contributed by atoms with Gasteiger partial charge in [0.05, 0.1) is 5.69 Å². The molecule has 1 amide bonds. The van der Waals surface area contributed by atoms with E-state index in [-0.39, 0.29) is 11.8 Å². The monoisotopic (exact) mass is 262 g/mol. The smallest absolute Gasteiger partial charge is 0.227 e. The van der Waals surface area contributed by atoms with Crippen molar-refractivity contribution in [2.45, 2.75) is 26.2 Å². The fraction of sp³-hybridized carbons (Fsp3) is 0.571. The largest absolute Gasteiger partial charge is 0.355 e. The number of hydrogen-bond donors (Lipinski definition) is 2. The van der Waals surface area contributed by atoms with Gasteiger partial charge in [0.15, 0.2) is 5.82 Å². The van der Waals surface area contributed by atoms with Gasteiger partial charge in [0.1, 0.15) is 0 Å². The maximum atomic E-state index is 12.1. The summed E-state index contributed by atoms with van der Waals surface area (Å²) in [6.45, 7) is 4.45. The minimum Gasteiger partial charge on any atom is -0.355 e. The molecule has 2 heterocycles. The average molecular weight is 262 g/mol. The fourth-order valence-electron chi connectivity index (χ4n) is 2.31. The number of carbonyl (C=O) groups is 1. The van der Waals surface area contributed by atoms with Crippen LogP contribution in [-0.2, 0) is 4.79 Å². The fourth-order valence-corrected chi connectivity index (χ4v) is 2.31. The first kappa shape index (κ1) is 13.8. The van der Waals surface area contributed by atoms with E-state index in [0.717, 1.165) is 24.6 Å². The molecule has 0 spiro atoms. The third-order valence-electron chi connectivity index (χ3n) is 3.50. The van der Waals surface area contributed by atoms with Crippen LogP contribution in [0.4, 0.5) is 11.5 Å². The summed E-state index contributed by atoms with van der Waals surface area (Å²) in [5, 5.41) is 2.97. The van der Waals surface area contributed by atoms with Crippen molar-refractivity contribution in [1.29, 1.82) is 0 Å². The molecule has 0 bridgehead atoms. The van der Waals surface area contributed by atoms with Crippen LogP contribution in [0.15, 0.2) is 18.3 Å². The summed E-state index contributed by atoms with van der Waals surface area (Å²) in [7, 11) is 0. The molecule has 1 fully saturated rings. The average Bonchev–Trinajstić information content (AvgIpc) is 2.93. The zero-order valence-corrected chi connectivity index (χ0v) is 11.4. The van der Waals surface area contributed by atoms with E-state index in [1.807, 2.05) is 19.1 Å².